The van der Waals surface area contributed by atoms with Crippen LogP contribution in [0.2, 0.25) is 0 Å². The van der Waals surface area contributed by atoms with Gasteiger partial charge in [0.05, 0.1) is 5.75 Å². The maximum atomic E-state index is 12.3. The van der Waals surface area contributed by atoms with Crippen molar-refractivity contribution in [3.05, 3.63) is 95.8 Å². The highest BCUT2D eigenvalue weighted by Gasteiger charge is 2.13. The number of carbonyl (C=O) groups is 1. The van der Waals surface area contributed by atoms with Crippen molar-refractivity contribution in [2.24, 2.45) is 7.05 Å². The van der Waals surface area contributed by atoms with Crippen molar-refractivity contribution >= 4 is 29.7 Å². The number of nitrogens with zero attached hydrogens (tertiary/aromatic N) is 4. The zero-order chi connectivity index (χ0) is 21.5. The zero-order valence-electron chi connectivity index (χ0n) is 17.2. The van der Waals surface area contributed by atoms with Crippen LogP contribution < -0.4 is 0 Å². The number of hydrogen-bond donors (Lipinski definition) is 0. The van der Waals surface area contributed by atoms with E-state index < -0.39 is 0 Å². The lowest BCUT2D eigenvalue weighted by molar-refractivity contribution is -0.116. The Bertz CT molecular complexity index is 1190. The summed E-state index contributed by atoms with van der Waals surface area (Å²) >= 11 is 1.41. The molecule has 0 unspecified atom stereocenters. The van der Waals surface area contributed by atoms with Gasteiger partial charge in [0.2, 0.25) is 0 Å². The van der Waals surface area contributed by atoms with Crippen LogP contribution >= 0.6 is 11.8 Å². The normalized spacial score (nSPS) is 11.1. The van der Waals surface area contributed by atoms with Crippen molar-refractivity contribution in [2.75, 3.05) is 5.75 Å². The van der Waals surface area contributed by atoms with Crippen LogP contribution in [0.25, 0.3) is 23.5 Å². The van der Waals surface area contributed by atoms with Gasteiger partial charge in [0.25, 0.3) is 0 Å². The first-order valence-electron chi connectivity index (χ1n) is 9.95. The maximum absolute atomic E-state index is 12.3. The third kappa shape index (κ3) is 5.55. The third-order valence-corrected chi connectivity index (χ3v) is 5.81. The summed E-state index contributed by atoms with van der Waals surface area (Å²) in [6.45, 7) is 0. The van der Waals surface area contributed by atoms with Gasteiger partial charge in [-0.25, -0.2) is 0 Å². The van der Waals surface area contributed by atoms with E-state index in [1.54, 1.807) is 6.20 Å². The van der Waals surface area contributed by atoms with E-state index in [1.807, 2.05) is 78.5 Å². The summed E-state index contributed by atoms with van der Waals surface area (Å²) < 4.78 is 1.90. The number of rotatable bonds is 8. The van der Waals surface area contributed by atoms with Crippen molar-refractivity contribution in [1.29, 1.82) is 0 Å². The molecule has 0 fully saturated rings. The highest BCUT2D eigenvalue weighted by atomic mass is 32.2. The van der Waals surface area contributed by atoms with Gasteiger partial charge in [-0.3, -0.25) is 9.78 Å². The number of pyridine rings is 1. The summed E-state index contributed by atoms with van der Waals surface area (Å²) in [4.78, 5) is 16.7. The molecule has 0 N–H and O–H groups in total. The molecule has 4 aromatic rings. The van der Waals surface area contributed by atoms with Crippen LogP contribution in [0.4, 0.5) is 0 Å². The average Bonchev–Trinajstić information content (AvgIpc) is 3.18. The molecule has 0 saturated carbocycles. The second-order valence-corrected chi connectivity index (χ2v) is 8.05. The lowest BCUT2D eigenvalue weighted by atomic mass is 10.1. The molecule has 0 atom stereocenters. The summed E-state index contributed by atoms with van der Waals surface area (Å²) in [5.74, 6) is 1.25. The molecule has 0 radical (unpaired) electrons. The highest BCUT2D eigenvalue weighted by Crippen LogP contribution is 2.23. The number of ketones is 1. The van der Waals surface area contributed by atoms with E-state index in [0.29, 0.717) is 17.3 Å². The van der Waals surface area contributed by atoms with Crippen molar-refractivity contribution in [1.82, 2.24) is 19.7 Å². The Morgan fingerprint density at radius 3 is 2.42 bits per heavy atom. The van der Waals surface area contributed by atoms with Crippen molar-refractivity contribution in [2.45, 2.75) is 11.6 Å². The Hall–Kier alpha value is -3.51. The SMILES string of the molecule is Cn1c(SCC(=O)Cc2ccccc2)nnc1-c1cncc(/C=C/c2ccccc2)c1. The molecule has 0 spiro atoms. The minimum atomic E-state index is 0.162. The second-order valence-electron chi connectivity index (χ2n) is 7.11. The molecule has 6 heteroatoms. The van der Waals surface area contributed by atoms with Crippen LogP contribution in [0.1, 0.15) is 16.7 Å². The first kappa shape index (κ1) is 20.8. The topological polar surface area (TPSA) is 60.7 Å². The monoisotopic (exact) mass is 426 g/mol. The number of hydrogen-bond acceptors (Lipinski definition) is 5. The Morgan fingerprint density at radius 1 is 0.935 bits per heavy atom. The maximum Gasteiger partial charge on any atom is 0.191 e. The fourth-order valence-electron chi connectivity index (χ4n) is 3.14. The van der Waals surface area contributed by atoms with Crippen molar-refractivity contribution in [3.8, 4) is 11.4 Å². The number of aromatic nitrogens is 4. The first-order valence-corrected chi connectivity index (χ1v) is 10.9. The molecule has 0 aliphatic heterocycles. The van der Waals surface area contributed by atoms with E-state index in [2.05, 4.69) is 33.4 Å². The molecule has 0 aliphatic carbocycles. The third-order valence-electron chi connectivity index (χ3n) is 4.73. The first-order chi connectivity index (χ1) is 15.2. The molecule has 154 valence electrons. The van der Waals surface area contributed by atoms with Gasteiger partial charge in [0.1, 0.15) is 5.78 Å². The smallest absolute Gasteiger partial charge is 0.191 e. The average molecular weight is 427 g/mol. The quantitative estimate of drug-likeness (QED) is 0.373. The Labute approximate surface area is 185 Å². The second kappa shape index (κ2) is 10.00. The van der Waals surface area contributed by atoms with Crippen LogP contribution in [0.5, 0.6) is 0 Å². The lowest BCUT2D eigenvalue weighted by Crippen LogP contribution is -2.06. The fraction of sp³-hybridized carbons (Fsp3) is 0.120. The summed E-state index contributed by atoms with van der Waals surface area (Å²) in [5.41, 5.74) is 4.02. The molecule has 5 nitrogen and oxygen atoms in total. The van der Waals surface area contributed by atoms with Gasteiger partial charge in [-0.15, -0.1) is 10.2 Å². The van der Waals surface area contributed by atoms with Crippen LogP contribution in [-0.2, 0) is 18.3 Å². The Balaban J connectivity index is 1.43. The molecule has 0 bridgehead atoms. The van der Waals surface area contributed by atoms with Gasteiger partial charge in [-0.2, -0.15) is 0 Å². The molecular weight excluding hydrogens is 404 g/mol. The number of Topliss-reactive ketones (excluding diaryl/α,β-unsaturated/α-hetero) is 1. The predicted molar refractivity (Wildman–Crippen MR) is 125 cm³/mol. The largest absolute Gasteiger partial charge is 0.305 e. The number of carbonyl (C=O) groups excluding carboxylic acids is 1. The van der Waals surface area contributed by atoms with E-state index in [9.17, 15) is 4.79 Å². The van der Waals surface area contributed by atoms with Crippen molar-refractivity contribution < 1.29 is 4.79 Å². The summed E-state index contributed by atoms with van der Waals surface area (Å²) in [6, 6.07) is 21.9. The molecule has 0 aliphatic rings. The minimum absolute atomic E-state index is 0.162. The highest BCUT2D eigenvalue weighted by molar-refractivity contribution is 7.99. The summed E-state index contributed by atoms with van der Waals surface area (Å²) in [6.07, 6.45) is 8.10. The Morgan fingerprint density at radius 2 is 1.65 bits per heavy atom. The molecule has 2 heterocycles. The standard InChI is InChI=1S/C25H22N4OS/c1-29-24(22-14-21(16-26-17-22)13-12-19-8-4-2-5-9-19)27-28-25(29)31-18-23(30)15-20-10-6-3-7-11-20/h2-14,16-17H,15,18H2,1H3/b13-12+. The van der Waals surface area contributed by atoms with Gasteiger partial charge in [0, 0.05) is 31.4 Å². The van der Waals surface area contributed by atoms with Crippen LogP contribution in [0.15, 0.2) is 84.3 Å². The molecule has 2 aromatic heterocycles. The number of benzene rings is 2. The van der Waals surface area contributed by atoms with Gasteiger partial charge in [-0.1, -0.05) is 84.6 Å². The fourth-order valence-corrected chi connectivity index (χ4v) is 3.91. The van der Waals surface area contributed by atoms with Crippen LogP contribution in [0.3, 0.4) is 0 Å². The number of thioether (sulfide) groups is 1. The lowest BCUT2D eigenvalue weighted by Gasteiger charge is -2.05. The molecule has 0 saturated heterocycles. The van der Waals surface area contributed by atoms with E-state index in [4.69, 9.17) is 0 Å². The van der Waals surface area contributed by atoms with Crippen LogP contribution in [-0.4, -0.2) is 31.3 Å². The van der Waals surface area contributed by atoms with Gasteiger partial charge < -0.3 is 4.57 Å². The van der Waals surface area contributed by atoms with E-state index in [0.717, 1.165) is 28.1 Å². The van der Waals surface area contributed by atoms with E-state index in [1.165, 1.54) is 11.8 Å². The van der Waals surface area contributed by atoms with Gasteiger partial charge >= 0.3 is 0 Å². The predicted octanol–water partition coefficient (Wildman–Crippen LogP) is 4.95. The summed E-state index contributed by atoms with van der Waals surface area (Å²) in [7, 11) is 1.91. The molecule has 31 heavy (non-hydrogen) atoms. The minimum Gasteiger partial charge on any atom is -0.305 e. The van der Waals surface area contributed by atoms with Gasteiger partial charge in [0.15, 0.2) is 11.0 Å². The molecule has 2 aromatic carbocycles. The molecular formula is C25H22N4OS. The van der Waals surface area contributed by atoms with Gasteiger partial charge in [-0.05, 0) is 22.8 Å². The Kier molecular flexibility index (Phi) is 6.69. The zero-order valence-corrected chi connectivity index (χ0v) is 18.0. The van der Waals surface area contributed by atoms with Crippen LogP contribution in [0, 0.1) is 0 Å². The van der Waals surface area contributed by atoms with E-state index >= 15 is 0 Å². The summed E-state index contributed by atoms with van der Waals surface area (Å²) in [5, 5.41) is 9.31. The van der Waals surface area contributed by atoms with Crippen molar-refractivity contribution in [3.63, 3.8) is 0 Å². The van der Waals surface area contributed by atoms with E-state index in [-0.39, 0.29) is 5.78 Å². The molecule has 0 amide bonds. The molecule has 4 rings (SSSR count).